The number of hydrogen-bond acceptors (Lipinski definition) is 4. The van der Waals surface area contributed by atoms with Crippen LogP contribution in [0.2, 0.25) is 0 Å². The van der Waals surface area contributed by atoms with Crippen LogP contribution in [0.15, 0.2) is 41.0 Å². The van der Waals surface area contributed by atoms with E-state index in [1.807, 2.05) is 30.3 Å². The van der Waals surface area contributed by atoms with Gasteiger partial charge in [-0.25, -0.2) is 0 Å². The molecule has 0 saturated heterocycles. The summed E-state index contributed by atoms with van der Waals surface area (Å²) in [6.45, 7) is 0.694. The first-order chi connectivity index (χ1) is 8.81. The van der Waals surface area contributed by atoms with Crippen molar-refractivity contribution < 1.29 is 14.2 Å². The van der Waals surface area contributed by atoms with Crippen molar-refractivity contribution in [3.8, 4) is 17.2 Å². The Balaban J connectivity index is 1.68. The Morgan fingerprint density at radius 2 is 2.06 bits per heavy atom. The number of aromatic nitrogens is 1. The molecule has 0 fully saturated rings. The SMILES string of the molecule is Brc1ccc(COc2ccc3c(c2)OCO3)nc1. The lowest BCUT2D eigenvalue weighted by atomic mass is 10.3. The van der Waals surface area contributed by atoms with E-state index in [1.54, 1.807) is 6.20 Å². The molecule has 3 rings (SSSR count). The Bertz CT molecular complexity index is 557. The molecular formula is C13H10BrNO3. The minimum atomic E-state index is 0.271. The average molecular weight is 308 g/mol. The molecule has 92 valence electrons. The molecule has 1 aromatic carbocycles. The summed E-state index contributed by atoms with van der Waals surface area (Å²) in [5.74, 6) is 2.21. The van der Waals surface area contributed by atoms with Gasteiger partial charge in [-0.2, -0.15) is 0 Å². The molecule has 1 aliphatic rings. The molecule has 2 heterocycles. The van der Waals surface area contributed by atoms with Crippen LogP contribution < -0.4 is 14.2 Å². The topological polar surface area (TPSA) is 40.6 Å². The Morgan fingerprint density at radius 1 is 1.17 bits per heavy atom. The molecule has 0 amide bonds. The predicted octanol–water partition coefficient (Wildman–Crippen LogP) is 3.15. The highest BCUT2D eigenvalue weighted by molar-refractivity contribution is 9.10. The van der Waals surface area contributed by atoms with Gasteiger partial charge in [0.1, 0.15) is 12.4 Å². The molecular weight excluding hydrogens is 298 g/mol. The highest BCUT2D eigenvalue weighted by Crippen LogP contribution is 2.35. The van der Waals surface area contributed by atoms with Gasteiger partial charge in [0, 0.05) is 16.7 Å². The monoisotopic (exact) mass is 307 g/mol. The molecule has 0 unspecified atom stereocenters. The number of hydrogen-bond donors (Lipinski definition) is 0. The Hall–Kier alpha value is -1.75. The maximum absolute atomic E-state index is 5.64. The van der Waals surface area contributed by atoms with Crippen LogP contribution in [0.25, 0.3) is 0 Å². The van der Waals surface area contributed by atoms with Gasteiger partial charge in [-0.3, -0.25) is 4.98 Å². The van der Waals surface area contributed by atoms with Crippen LogP contribution in [0, 0.1) is 0 Å². The quantitative estimate of drug-likeness (QED) is 0.873. The van der Waals surface area contributed by atoms with Gasteiger partial charge < -0.3 is 14.2 Å². The van der Waals surface area contributed by atoms with Crippen LogP contribution in [0.3, 0.4) is 0 Å². The zero-order valence-corrected chi connectivity index (χ0v) is 11.0. The number of benzene rings is 1. The fourth-order valence-corrected chi connectivity index (χ4v) is 1.85. The minimum absolute atomic E-state index is 0.271. The molecule has 0 atom stereocenters. The van der Waals surface area contributed by atoms with E-state index in [-0.39, 0.29) is 6.79 Å². The Labute approximate surface area is 113 Å². The van der Waals surface area contributed by atoms with Gasteiger partial charge in [0.05, 0.1) is 5.69 Å². The third-order valence-electron chi connectivity index (χ3n) is 2.52. The molecule has 5 heteroatoms. The second-order valence-corrected chi connectivity index (χ2v) is 4.69. The van der Waals surface area contributed by atoms with Gasteiger partial charge >= 0.3 is 0 Å². The highest BCUT2D eigenvalue weighted by Gasteiger charge is 2.13. The fraction of sp³-hybridized carbons (Fsp3) is 0.154. The van der Waals surface area contributed by atoms with Gasteiger partial charge in [0.25, 0.3) is 0 Å². The van der Waals surface area contributed by atoms with Gasteiger partial charge in [-0.05, 0) is 40.2 Å². The second kappa shape index (κ2) is 4.86. The summed E-state index contributed by atoms with van der Waals surface area (Å²) in [4.78, 5) is 4.24. The van der Waals surface area contributed by atoms with Gasteiger partial charge in [-0.1, -0.05) is 0 Å². The first kappa shape index (κ1) is 11.3. The molecule has 0 N–H and O–H groups in total. The Kier molecular flexibility index (Phi) is 3.06. The van der Waals surface area contributed by atoms with Gasteiger partial charge in [0.2, 0.25) is 6.79 Å². The van der Waals surface area contributed by atoms with E-state index in [4.69, 9.17) is 14.2 Å². The average Bonchev–Trinajstić information content (AvgIpc) is 2.85. The van der Waals surface area contributed by atoms with Crippen molar-refractivity contribution in [3.63, 3.8) is 0 Å². The zero-order chi connectivity index (χ0) is 12.4. The van der Waals surface area contributed by atoms with E-state index in [9.17, 15) is 0 Å². The maximum atomic E-state index is 5.64. The molecule has 0 saturated carbocycles. The highest BCUT2D eigenvalue weighted by atomic mass is 79.9. The normalized spacial score (nSPS) is 12.5. The first-order valence-corrected chi connectivity index (χ1v) is 6.23. The van der Waals surface area contributed by atoms with Crippen molar-refractivity contribution in [2.24, 2.45) is 0 Å². The molecule has 1 aliphatic heterocycles. The molecule has 4 nitrogen and oxygen atoms in total. The predicted molar refractivity (Wildman–Crippen MR) is 68.8 cm³/mol. The molecule has 0 radical (unpaired) electrons. The van der Waals surface area contributed by atoms with Crippen molar-refractivity contribution in [2.75, 3.05) is 6.79 Å². The number of rotatable bonds is 3. The van der Waals surface area contributed by atoms with Crippen molar-refractivity contribution >= 4 is 15.9 Å². The summed E-state index contributed by atoms with van der Waals surface area (Å²) in [6, 6.07) is 9.36. The minimum Gasteiger partial charge on any atom is -0.487 e. The first-order valence-electron chi connectivity index (χ1n) is 5.44. The summed E-state index contributed by atoms with van der Waals surface area (Å²) < 4.78 is 17.1. The number of ether oxygens (including phenoxy) is 3. The summed E-state index contributed by atoms with van der Waals surface area (Å²) in [6.07, 6.45) is 1.75. The summed E-state index contributed by atoms with van der Waals surface area (Å²) in [5.41, 5.74) is 0.871. The van der Waals surface area contributed by atoms with E-state index in [0.29, 0.717) is 6.61 Å². The van der Waals surface area contributed by atoms with Crippen molar-refractivity contribution in [2.45, 2.75) is 6.61 Å². The van der Waals surface area contributed by atoms with Crippen molar-refractivity contribution in [1.82, 2.24) is 4.98 Å². The lowest BCUT2D eigenvalue weighted by Gasteiger charge is -2.06. The van der Waals surface area contributed by atoms with Crippen LogP contribution in [0.5, 0.6) is 17.2 Å². The molecule has 0 spiro atoms. The van der Waals surface area contributed by atoms with Crippen LogP contribution in [0.4, 0.5) is 0 Å². The third kappa shape index (κ3) is 2.41. The van der Waals surface area contributed by atoms with Crippen LogP contribution >= 0.6 is 15.9 Å². The standard InChI is InChI=1S/C13H10BrNO3/c14-9-1-2-10(15-6-9)7-16-11-3-4-12-13(5-11)18-8-17-12/h1-6H,7-8H2. The largest absolute Gasteiger partial charge is 0.487 e. The number of fused-ring (bicyclic) bond motifs is 1. The van der Waals surface area contributed by atoms with Crippen molar-refractivity contribution in [1.29, 1.82) is 0 Å². The van der Waals surface area contributed by atoms with E-state index >= 15 is 0 Å². The van der Waals surface area contributed by atoms with E-state index in [2.05, 4.69) is 20.9 Å². The van der Waals surface area contributed by atoms with Crippen LogP contribution in [-0.4, -0.2) is 11.8 Å². The summed E-state index contributed by atoms with van der Waals surface area (Å²) in [7, 11) is 0. The molecule has 2 aromatic rings. The summed E-state index contributed by atoms with van der Waals surface area (Å²) >= 11 is 3.34. The smallest absolute Gasteiger partial charge is 0.231 e. The van der Waals surface area contributed by atoms with Gasteiger partial charge in [-0.15, -0.1) is 0 Å². The molecule has 18 heavy (non-hydrogen) atoms. The van der Waals surface area contributed by atoms with Crippen molar-refractivity contribution in [3.05, 3.63) is 46.7 Å². The van der Waals surface area contributed by atoms with E-state index in [1.165, 1.54) is 0 Å². The molecule has 1 aromatic heterocycles. The number of pyridine rings is 1. The maximum Gasteiger partial charge on any atom is 0.231 e. The fourth-order valence-electron chi connectivity index (χ4n) is 1.62. The third-order valence-corrected chi connectivity index (χ3v) is 2.99. The van der Waals surface area contributed by atoms with Crippen LogP contribution in [-0.2, 0) is 6.61 Å². The number of nitrogens with zero attached hydrogens (tertiary/aromatic N) is 1. The number of halogens is 1. The second-order valence-electron chi connectivity index (χ2n) is 3.77. The lowest BCUT2D eigenvalue weighted by Crippen LogP contribution is -1.97. The molecule has 0 bridgehead atoms. The zero-order valence-electron chi connectivity index (χ0n) is 9.43. The van der Waals surface area contributed by atoms with Crippen LogP contribution in [0.1, 0.15) is 5.69 Å². The Morgan fingerprint density at radius 3 is 2.89 bits per heavy atom. The lowest BCUT2D eigenvalue weighted by molar-refractivity contribution is 0.173. The van der Waals surface area contributed by atoms with E-state index in [0.717, 1.165) is 27.4 Å². The van der Waals surface area contributed by atoms with Gasteiger partial charge in [0.15, 0.2) is 11.5 Å². The molecule has 0 aliphatic carbocycles. The summed E-state index contributed by atoms with van der Waals surface area (Å²) in [5, 5.41) is 0. The van der Waals surface area contributed by atoms with E-state index < -0.39 is 0 Å².